The lowest BCUT2D eigenvalue weighted by atomic mass is 9.99. The molecule has 1 aliphatic heterocycles. The van der Waals surface area contributed by atoms with Gasteiger partial charge in [-0.2, -0.15) is 0 Å². The van der Waals surface area contributed by atoms with E-state index < -0.39 is 23.5 Å². The Hall–Kier alpha value is -1.83. The van der Waals surface area contributed by atoms with Gasteiger partial charge in [0.2, 0.25) is 0 Å². The SMILES string of the molecule is CCCN(CC(=O)OCC)C(=O)NC1(C(=O)O)CCOC1. The second kappa shape index (κ2) is 7.82. The number of amides is 2. The van der Waals surface area contributed by atoms with Crippen LogP contribution in [0.5, 0.6) is 0 Å². The average molecular weight is 302 g/mol. The van der Waals surface area contributed by atoms with Crippen molar-refractivity contribution in [2.75, 3.05) is 32.9 Å². The maximum atomic E-state index is 12.2. The summed E-state index contributed by atoms with van der Waals surface area (Å²) in [6, 6.07) is -0.599. The number of carboxylic acid groups (broad SMARTS) is 1. The molecule has 0 radical (unpaired) electrons. The van der Waals surface area contributed by atoms with Crippen LogP contribution in [-0.2, 0) is 19.1 Å². The Kier molecular flexibility index (Phi) is 6.41. The molecule has 0 bridgehead atoms. The van der Waals surface area contributed by atoms with Gasteiger partial charge in [0.1, 0.15) is 6.54 Å². The predicted octanol–water partition coefficient (Wildman–Crippen LogP) is 0.215. The smallest absolute Gasteiger partial charge is 0.332 e. The zero-order valence-electron chi connectivity index (χ0n) is 12.4. The average Bonchev–Trinajstić information content (AvgIpc) is 2.88. The highest BCUT2D eigenvalue weighted by molar-refractivity contribution is 5.88. The van der Waals surface area contributed by atoms with Gasteiger partial charge in [-0.3, -0.25) is 4.79 Å². The van der Waals surface area contributed by atoms with E-state index in [1.54, 1.807) is 6.92 Å². The minimum absolute atomic E-state index is 0.0759. The van der Waals surface area contributed by atoms with Gasteiger partial charge in [-0.1, -0.05) is 6.92 Å². The Morgan fingerprint density at radius 2 is 2.10 bits per heavy atom. The van der Waals surface area contributed by atoms with Gasteiger partial charge in [0.05, 0.1) is 13.2 Å². The second-order valence-electron chi connectivity index (χ2n) is 4.85. The quantitative estimate of drug-likeness (QED) is 0.652. The molecule has 0 aromatic heterocycles. The molecule has 2 amide bonds. The summed E-state index contributed by atoms with van der Waals surface area (Å²) in [5.41, 5.74) is -1.42. The molecule has 0 saturated carbocycles. The zero-order valence-corrected chi connectivity index (χ0v) is 12.4. The van der Waals surface area contributed by atoms with E-state index >= 15 is 0 Å². The molecular weight excluding hydrogens is 280 g/mol. The number of nitrogens with one attached hydrogen (secondary N) is 1. The van der Waals surface area contributed by atoms with Crippen LogP contribution in [0.1, 0.15) is 26.7 Å². The van der Waals surface area contributed by atoms with Crippen LogP contribution in [0.4, 0.5) is 4.79 Å². The summed E-state index contributed by atoms with van der Waals surface area (Å²) in [5, 5.41) is 11.8. The number of esters is 1. The third-order valence-electron chi connectivity index (χ3n) is 3.18. The van der Waals surface area contributed by atoms with Crippen LogP contribution in [-0.4, -0.2) is 66.4 Å². The normalized spacial score (nSPS) is 20.9. The van der Waals surface area contributed by atoms with E-state index in [0.717, 1.165) is 0 Å². The molecule has 1 rings (SSSR count). The minimum atomic E-state index is -1.42. The summed E-state index contributed by atoms with van der Waals surface area (Å²) < 4.78 is 9.89. The summed E-state index contributed by atoms with van der Waals surface area (Å²) in [7, 11) is 0. The van der Waals surface area contributed by atoms with E-state index in [2.05, 4.69) is 5.32 Å². The van der Waals surface area contributed by atoms with Crippen molar-refractivity contribution in [1.29, 1.82) is 0 Å². The lowest BCUT2D eigenvalue weighted by Crippen LogP contribution is -2.59. The number of hydrogen-bond donors (Lipinski definition) is 2. The fourth-order valence-electron chi connectivity index (χ4n) is 2.05. The molecular formula is C13H22N2O6. The molecule has 1 fully saturated rings. The molecule has 1 atom stereocenters. The van der Waals surface area contributed by atoms with E-state index in [-0.39, 0.29) is 32.8 Å². The van der Waals surface area contributed by atoms with Crippen LogP contribution in [0.3, 0.4) is 0 Å². The standard InChI is InChI=1S/C13H22N2O6/c1-3-6-15(8-10(16)21-4-2)12(19)14-13(11(17)18)5-7-20-9-13/h3-9H2,1-2H3,(H,14,19)(H,17,18). The summed E-state index contributed by atoms with van der Waals surface area (Å²) >= 11 is 0. The number of hydrogen-bond acceptors (Lipinski definition) is 5. The fourth-order valence-corrected chi connectivity index (χ4v) is 2.05. The molecule has 2 N–H and O–H groups in total. The second-order valence-corrected chi connectivity index (χ2v) is 4.85. The molecule has 8 heteroatoms. The van der Waals surface area contributed by atoms with Gasteiger partial charge >= 0.3 is 18.0 Å². The van der Waals surface area contributed by atoms with Gasteiger partial charge in [-0.25, -0.2) is 9.59 Å². The number of urea groups is 1. The molecule has 0 aromatic rings. The lowest BCUT2D eigenvalue weighted by Gasteiger charge is -2.28. The maximum Gasteiger partial charge on any atom is 0.332 e. The van der Waals surface area contributed by atoms with Crippen molar-refractivity contribution in [2.24, 2.45) is 0 Å². The van der Waals surface area contributed by atoms with Crippen LogP contribution in [0.25, 0.3) is 0 Å². The first kappa shape index (κ1) is 17.2. The number of nitrogens with zero attached hydrogens (tertiary/aromatic N) is 1. The molecule has 120 valence electrons. The lowest BCUT2D eigenvalue weighted by molar-refractivity contribution is -0.144. The van der Waals surface area contributed by atoms with Gasteiger partial charge in [0.25, 0.3) is 0 Å². The Balaban J connectivity index is 2.71. The molecule has 0 spiro atoms. The Morgan fingerprint density at radius 1 is 1.38 bits per heavy atom. The molecule has 21 heavy (non-hydrogen) atoms. The molecule has 0 aromatic carbocycles. The van der Waals surface area contributed by atoms with Gasteiger partial charge < -0.3 is 24.8 Å². The van der Waals surface area contributed by atoms with Crippen molar-refractivity contribution in [3.8, 4) is 0 Å². The van der Waals surface area contributed by atoms with Crippen molar-refractivity contribution in [3.05, 3.63) is 0 Å². The van der Waals surface area contributed by atoms with Crippen LogP contribution >= 0.6 is 0 Å². The van der Waals surface area contributed by atoms with Crippen molar-refractivity contribution < 1.29 is 29.0 Å². The highest BCUT2D eigenvalue weighted by atomic mass is 16.5. The zero-order chi connectivity index (χ0) is 15.9. The van der Waals surface area contributed by atoms with Gasteiger partial charge in [-0.05, 0) is 13.3 Å². The van der Waals surface area contributed by atoms with E-state index in [0.29, 0.717) is 13.0 Å². The molecule has 1 heterocycles. The van der Waals surface area contributed by atoms with Crippen LogP contribution in [0.2, 0.25) is 0 Å². The molecule has 1 aliphatic rings. The third-order valence-corrected chi connectivity index (χ3v) is 3.18. The van der Waals surface area contributed by atoms with Gasteiger partial charge in [0.15, 0.2) is 5.54 Å². The predicted molar refractivity (Wildman–Crippen MR) is 72.8 cm³/mol. The fraction of sp³-hybridized carbons (Fsp3) is 0.769. The first-order valence-electron chi connectivity index (χ1n) is 6.99. The minimum Gasteiger partial charge on any atom is -0.479 e. The van der Waals surface area contributed by atoms with Crippen molar-refractivity contribution in [3.63, 3.8) is 0 Å². The Bertz CT molecular complexity index is 392. The topological polar surface area (TPSA) is 105 Å². The first-order chi connectivity index (χ1) is 9.95. The summed E-state index contributed by atoms with van der Waals surface area (Å²) in [5.74, 6) is -1.66. The molecule has 1 unspecified atom stereocenters. The Labute approximate surface area is 123 Å². The number of rotatable bonds is 7. The molecule has 8 nitrogen and oxygen atoms in total. The number of aliphatic carboxylic acids is 1. The van der Waals surface area contributed by atoms with Crippen molar-refractivity contribution in [2.45, 2.75) is 32.2 Å². The summed E-state index contributed by atoms with van der Waals surface area (Å²) in [4.78, 5) is 36.3. The van der Waals surface area contributed by atoms with Crippen molar-refractivity contribution >= 4 is 18.0 Å². The molecule has 1 saturated heterocycles. The number of carboxylic acids is 1. The third kappa shape index (κ3) is 4.59. The number of carbonyl (C=O) groups is 3. The molecule has 0 aliphatic carbocycles. The van der Waals surface area contributed by atoms with Crippen molar-refractivity contribution in [1.82, 2.24) is 10.2 Å². The van der Waals surface area contributed by atoms with Gasteiger partial charge in [-0.15, -0.1) is 0 Å². The highest BCUT2D eigenvalue weighted by Gasteiger charge is 2.44. The first-order valence-corrected chi connectivity index (χ1v) is 6.99. The van der Waals surface area contributed by atoms with Crippen LogP contribution in [0, 0.1) is 0 Å². The van der Waals surface area contributed by atoms with E-state index in [4.69, 9.17) is 9.47 Å². The summed E-state index contributed by atoms with van der Waals surface area (Å²) in [6.07, 6.45) is 0.844. The Morgan fingerprint density at radius 3 is 2.57 bits per heavy atom. The largest absolute Gasteiger partial charge is 0.479 e. The van der Waals surface area contributed by atoms with Crippen LogP contribution < -0.4 is 5.32 Å². The summed E-state index contributed by atoms with van der Waals surface area (Å²) in [6.45, 7) is 4.10. The monoisotopic (exact) mass is 302 g/mol. The number of carbonyl (C=O) groups excluding carboxylic acids is 2. The maximum absolute atomic E-state index is 12.2. The van der Waals surface area contributed by atoms with Crippen LogP contribution in [0.15, 0.2) is 0 Å². The van der Waals surface area contributed by atoms with Gasteiger partial charge in [0, 0.05) is 19.6 Å². The van der Waals surface area contributed by atoms with E-state index in [9.17, 15) is 19.5 Å². The number of ether oxygens (including phenoxy) is 2. The van der Waals surface area contributed by atoms with E-state index in [1.807, 2.05) is 6.92 Å². The van der Waals surface area contributed by atoms with E-state index in [1.165, 1.54) is 4.90 Å². The highest BCUT2D eigenvalue weighted by Crippen LogP contribution is 2.19.